The van der Waals surface area contributed by atoms with Gasteiger partial charge in [-0.1, -0.05) is 24.3 Å². The number of hydrogen-bond donors (Lipinski definition) is 1. The molecule has 114 valence electrons. The summed E-state index contributed by atoms with van der Waals surface area (Å²) in [6.07, 6.45) is -0.0249. The lowest BCUT2D eigenvalue weighted by atomic mass is 9.90. The number of ketones is 2. The average Bonchev–Trinajstić information content (AvgIpc) is 2.78. The number of carbonyl (C=O) groups excluding carboxylic acids is 2. The van der Waals surface area contributed by atoms with E-state index in [1.165, 1.54) is 0 Å². The molecule has 0 saturated heterocycles. The highest BCUT2D eigenvalue weighted by Crippen LogP contribution is 2.33. The Hall–Kier alpha value is -2.24. The van der Waals surface area contributed by atoms with Gasteiger partial charge in [-0.15, -0.1) is 0 Å². The first-order chi connectivity index (χ1) is 11.1. The smallest absolute Gasteiger partial charge is 0.188 e. The zero-order valence-corrected chi connectivity index (χ0v) is 12.5. The van der Waals surface area contributed by atoms with E-state index < -0.39 is 6.61 Å². The number of aliphatic hydroxyl groups is 1. The first-order valence-corrected chi connectivity index (χ1v) is 7.35. The second-order valence-corrected chi connectivity index (χ2v) is 5.45. The van der Waals surface area contributed by atoms with Crippen LogP contribution in [0.3, 0.4) is 0 Å². The number of aliphatic hydroxyl groups excluding tert-OH is 1. The zero-order valence-electron chi connectivity index (χ0n) is 12.5. The predicted octanol–water partition coefficient (Wildman–Crippen LogP) is 2.33. The number of Topliss-reactive ketones (excluding diaryl/α,β-unsaturated/α-hetero) is 2. The molecule has 1 aliphatic rings. The van der Waals surface area contributed by atoms with Gasteiger partial charge in [-0.2, -0.15) is 0 Å². The van der Waals surface area contributed by atoms with Crippen molar-refractivity contribution in [2.45, 2.75) is 19.5 Å². The molecule has 5 heteroatoms. The van der Waals surface area contributed by atoms with E-state index in [1.807, 2.05) is 18.2 Å². The summed E-state index contributed by atoms with van der Waals surface area (Å²) in [5, 5.41) is 8.99. The van der Waals surface area contributed by atoms with E-state index in [0.717, 1.165) is 22.3 Å². The molecule has 2 aromatic rings. The summed E-state index contributed by atoms with van der Waals surface area (Å²) in [5.41, 5.74) is 4.80. The van der Waals surface area contributed by atoms with Crippen molar-refractivity contribution < 1.29 is 19.4 Å². The summed E-state index contributed by atoms with van der Waals surface area (Å²) in [6.45, 7) is 0.247. The van der Waals surface area contributed by atoms with Crippen LogP contribution in [-0.2, 0) is 18.0 Å². The Kier molecular flexibility index (Phi) is 4.41. The van der Waals surface area contributed by atoms with Gasteiger partial charge in [0.2, 0.25) is 0 Å². The number of fused-ring (bicyclic) bond motifs is 3. The van der Waals surface area contributed by atoms with Crippen molar-refractivity contribution in [1.82, 2.24) is 0 Å². The summed E-state index contributed by atoms with van der Waals surface area (Å²) < 4.78 is 5.67. The highest BCUT2D eigenvalue weighted by molar-refractivity contribution is 6.24. The van der Waals surface area contributed by atoms with Gasteiger partial charge in [0, 0.05) is 11.1 Å². The number of rotatable bonds is 4. The van der Waals surface area contributed by atoms with E-state index in [9.17, 15) is 9.59 Å². The minimum atomic E-state index is -0.513. The molecular formula is C18H15BO4. The largest absolute Gasteiger partial charge is 0.388 e. The second kappa shape index (κ2) is 6.48. The summed E-state index contributed by atoms with van der Waals surface area (Å²) in [5.74, 6) is -0.428. The van der Waals surface area contributed by atoms with Crippen molar-refractivity contribution in [1.29, 1.82) is 0 Å². The molecule has 23 heavy (non-hydrogen) atoms. The van der Waals surface area contributed by atoms with Crippen LogP contribution >= 0.6 is 0 Å². The summed E-state index contributed by atoms with van der Waals surface area (Å²) in [6, 6.07) is 10.8. The van der Waals surface area contributed by atoms with Gasteiger partial charge in [0.25, 0.3) is 0 Å². The van der Waals surface area contributed by atoms with Crippen LogP contribution in [0.2, 0.25) is 6.32 Å². The average molecular weight is 306 g/mol. The quantitative estimate of drug-likeness (QED) is 0.695. The molecule has 1 heterocycles. The van der Waals surface area contributed by atoms with Crippen LogP contribution < -0.4 is 0 Å². The van der Waals surface area contributed by atoms with Crippen molar-refractivity contribution in [3.8, 4) is 11.1 Å². The summed E-state index contributed by atoms with van der Waals surface area (Å²) in [7, 11) is 5.41. The maximum Gasteiger partial charge on any atom is 0.188 e. The maximum atomic E-state index is 11.8. The lowest BCUT2D eigenvalue weighted by Crippen LogP contribution is -2.05. The van der Waals surface area contributed by atoms with Crippen LogP contribution in [0.5, 0.6) is 0 Å². The van der Waals surface area contributed by atoms with Gasteiger partial charge >= 0.3 is 0 Å². The van der Waals surface area contributed by atoms with E-state index in [1.54, 1.807) is 18.2 Å². The molecule has 0 spiro atoms. The van der Waals surface area contributed by atoms with Crippen LogP contribution in [0.4, 0.5) is 0 Å². The van der Waals surface area contributed by atoms with E-state index in [4.69, 9.17) is 17.7 Å². The molecule has 2 radical (unpaired) electrons. The SMILES string of the molecule is [B]CC(=O)c1ccc2c(c1)COCc1cc(C(=O)CO)ccc1-2. The molecule has 4 nitrogen and oxygen atoms in total. The molecule has 0 saturated carbocycles. The van der Waals surface area contributed by atoms with Crippen molar-refractivity contribution in [2.24, 2.45) is 0 Å². The number of ether oxygens (including phenoxy) is 1. The van der Waals surface area contributed by atoms with Crippen molar-refractivity contribution >= 4 is 19.4 Å². The third kappa shape index (κ3) is 2.98. The third-order valence-electron chi connectivity index (χ3n) is 3.99. The molecule has 0 fully saturated rings. The maximum absolute atomic E-state index is 11.8. The molecular weight excluding hydrogens is 291 g/mol. The summed E-state index contributed by atoms with van der Waals surface area (Å²) in [4.78, 5) is 23.4. The van der Waals surface area contributed by atoms with Crippen molar-refractivity contribution in [3.05, 3.63) is 58.7 Å². The van der Waals surface area contributed by atoms with Gasteiger partial charge in [0.05, 0.1) is 21.1 Å². The number of carbonyl (C=O) groups is 2. The van der Waals surface area contributed by atoms with E-state index in [2.05, 4.69) is 0 Å². The third-order valence-corrected chi connectivity index (χ3v) is 3.99. The van der Waals surface area contributed by atoms with Crippen LogP contribution in [0.25, 0.3) is 11.1 Å². The molecule has 0 aromatic heterocycles. The van der Waals surface area contributed by atoms with Gasteiger partial charge in [0.1, 0.15) is 6.61 Å². The molecule has 0 bridgehead atoms. The molecule has 0 aliphatic carbocycles. The Morgan fingerprint density at radius 3 is 1.96 bits per heavy atom. The van der Waals surface area contributed by atoms with Crippen LogP contribution in [0, 0.1) is 0 Å². The van der Waals surface area contributed by atoms with E-state index in [0.29, 0.717) is 24.3 Å². The standard InChI is InChI=1S/C18H15BO4/c19-7-17(21)11-1-3-15-13(5-11)9-23-10-14-6-12(18(22)8-20)2-4-16(14)15/h1-6,20H,7-10H2. The molecule has 3 rings (SSSR count). The van der Waals surface area contributed by atoms with Crippen LogP contribution in [0.1, 0.15) is 31.8 Å². The van der Waals surface area contributed by atoms with Crippen LogP contribution in [-0.4, -0.2) is 31.1 Å². The molecule has 0 amide bonds. The first kappa shape index (κ1) is 15.7. The molecule has 0 unspecified atom stereocenters. The Morgan fingerprint density at radius 1 is 0.957 bits per heavy atom. The molecule has 1 N–H and O–H groups in total. The lowest BCUT2D eigenvalue weighted by Gasteiger charge is -2.11. The Balaban J connectivity index is 2.07. The fourth-order valence-corrected chi connectivity index (χ4v) is 2.78. The Morgan fingerprint density at radius 2 is 1.48 bits per heavy atom. The highest BCUT2D eigenvalue weighted by Gasteiger charge is 2.18. The van der Waals surface area contributed by atoms with Gasteiger partial charge in [0.15, 0.2) is 11.6 Å². The monoisotopic (exact) mass is 306 g/mol. The zero-order chi connectivity index (χ0) is 16.4. The van der Waals surface area contributed by atoms with Gasteiger partial charge in [-0.3, -0.25) is 9.59 Å². The fraction of sp³-hybridized carbons (Fsp3) is 0.222. The topological polar surface area (TPSA) is 63.6 Å². The van der Waals surface area contributed by atoms with Gasteiger partial charge in [-0.25, -0.2) is 0 Å². The van der Waals surface area contributed by atoms with E-state index >= 15 is 0 Å². The number of benzene rings is 2. The Bertz CT molecular complexity index is 717. The summed E-state index contributed by atoms with van der Waals surface area (Å²) >= 11 is 0. The predicted molar refractivity (Wildman–Crippen MR) is 86.7 cm³/mol. The van der Waals surface area contributed by atoms with Gasteiger partial charge < -0.3 is 9.84 Å². The van der Waals surface area contributed by atoms with E-state index in [-0.39, 0.29) is 17.9 Å². The van der Waals surface area contributed by atoms with Crippen molar-refractivity contribution in [3.63, 3.8) is 0 Å². The first-order valence-electron chi connectivity index (χ1n) is 7.35. The molecule has 2 aromatic carbocycles. The van der Waals surface area contributed by atoms with Gasteiger partial charge in [-0.05, 0) is 40.7 Å². The number of hydrogen-bond acceptors (Lipinski definition) is 4. The van der Waals surface area contributed by atoms with Crippen LogP contribution in [0.15, 0.2) is 36.4 Å². The minimum absolute atomic E-state index is 0.0249. The normalized spacial score (nSPS) is 12.9. The fourth-order valence-electron chi connectivity index (χ4n) is 2.78. The lowest BCUT2D eigenvalue weighted by molar-refractivity contribution is 0.0902. The Labute approximate surface area is 135 Å². The minimum Gasteiger partial charge on any atom is -0.388 e. The highest BCUT2D eigenvalue weighted by atomic mass is 16.5. The molecule has 0 atom stereocenters. The molecule has 1 aliphatic heterocycles. The van der Waals surface area contributed by atoms with Crippen molar-refractivity contribution in [2.75, 3.05) is 6.61 Å². The second-order valence-electron chi connectivity index (χ2n) is 5.45.